The Kier molecular flexibility index (Phi) is 3.71. The standard InChI is InChI=1S/C11H8BrIN2O3/c1-5-9(16)14-11(18)15(10(5)17)8-4-6(12)2-3-7(8)13/h2-5H,1H3,(H,14,16,18). The van der Waals surface area contributed by atoms with E-state index in [1.54, 1.807) is 12.1 Å². The molecular weight excluding hydrogens is 415 g/mol. The SMILES string of the molecule is CC1C(=O)NC(=O)N(c2cc(Br)ccc2I)C1=O. The van der Waals surface area contributed by atoms with Gasteiger partial charge in [-0.25, -0.2) is 9.69 Å². The van der Waals surface area contributed by atoms with Crippen molar-refractivity contribution in [3.8, 4) is 0 Å². The number of barbiturate groups is 1. The summed E-state index contributed by atoms with van der Waals surface area (Å²) in [6.45, 7) is 1.47. The third-order valence-corrected chi connectivity index (χ3v) is 3.97. The highest BCUT2D eigenvalue weighted by Gasteiger charge is 2.39. The van der Waals surface area contributed by atoms with Crippen molar-refractivity contribution in [3.63, 3.8) is 0 Å². The Labute approximate surface area is 125 Å². The van der Waals surface area contributed by atoms with Crippen LogP contribution in [0.1, 0.15) is 6.92 Å². The van der Waals surface area contributed by atoms with Gasteiger partial charge in [-0.3, -0.25) is 14.9 Å². The zero-order chi connectivity index (χ0) is 13.4. The molecule has 0 radical (unpaired) electrons. The minimum Gasteiger partial charge on any atom is -0.277 e. The first-order valence-electron chi connectivity index (χ1n) is 5.05. The van der Waals surface area contributed by atoms with Crippen molar-refractivity contribution in [3.05, 3.63) is 26.2 Å². The van der Waals surface area contributed by atoms with E-state index in [1.165, 1.54) is 6.92 Å². The summed E-state index contributed by atoms with van der Waals surface area (Å²) in [5.74, 6) is -1.94. The first kappa shape index (κ1) is 13.5. The van der Waals surface area contributed by atoms with E-state index in [4.69, 9.17) is 0 Å². The van der Waals surface area contributed by atoms with Crippen LogP contribution in [0.3, 0.4) is 0 Å². The van der Waals surface area contributed by atoms with Gasteiger partial charge in [0, 0.05) is 8.04 Å². The lowest BCUT2D eigenvalue weighted by Crippen LogP contribution is -2.57. The van der Waals surface area contributed by atoms with Gasteiger partial charge in [0.15, 0.2) is 0 Å². The molecule has 0 bridgehead atoms. The first-order chi connectivity index (χ1) is 8.41. The van der Waals surface area contributed by atoms with Crippen molar-refractivity contribution >= 4 is 62.1 Å². The lowest BCUT2D eigenvalue weighted by atomic mass is 10.1. The molecule has 0 spiro atoms. The van der Waals surface area contributed by atoms with Crippen LogP contribution in [0.5, 0.6) is 0 Å². The van der Waals surface area contributed by atoms with E-state index in [2.05, 4.69) is 21.2 Å². The molecule has 1 aromatic rings. The Bertz CT molecular complexity index is 561. The van der Waals surface area contributed by atoms with Crippen LogP contribution in [-0.2, 0) is 9.59 Å². The van der Waals surface area contributed by atoms with Gasteiger partial charge in [-0.05, 0) is 47.7 Å². The van der Waals surface area contributed by atoms with E-state index in [9.17, 15) is 14.4 Å². The molecule has 5 nitrogen and oxygen atoms in total. The molecule has 94 valence electrons. The summed E-state index contributed by atoms with van der Waals surface area (Å²) in [5.41, 5.74) is 0.465. The molecule has 1 saturated heterocycles. The summed E-state index contributed by atoms with van der Waals surface area (Å²) in [5, 5.41) is 2.16. The van der Waals surface area contributed by atoms with Gasteiger partial charge in [-0.15, -0.1) is 0 Å². The lowest BCUT2D eigenvalue weighted by Gasteiger charge is -2.29. The Balaban J connectivity index is 2.49. The van der Waals surface area contributed by atoms with Gasteiger partial charge in [0.05, 0.1) is 5.69 Å². The van der Waals surface area contributed by atoms with Crippen molar-refractivity contribution in [2.75, 3.05) is 4.90 Å². The van der Waals surface area contributed by atoms with E-state index in [1.807, 2.05) is 28.7 Å². The van der Waals surface area contributed by atoms with E-state index in [0.29, 0.717) is 5.69 Å². The van der Waals surface area contributed by atoms with Crippen LogP contribution in [-0.4, -0.2) is 17.8 Å². The quantitative estimate of drug-likeness (QED) is 0.557. The minimum atomic E-state index is -0.863. The Morgan fingerprint density at radius 3 is 2.67 bits per heavy atom. The van der Waals surface area contributed by atoms with Crippen molar-refractivity contribution in [2.45, 2.75) is 6.92 Å². The molecule has 0 aromatic heterocycles. The summed E-state index contributed by atoms with van der Waals surface area (Å²) in [4.78, 5) is 36.2. The van der Waals surface area contributed by atoms with Crippen LogP contribution in [0.25, 0.3) is 0 Å². The molecule has 1 aliphatic heterocycles. The van der Waals surface area contributed by atoms with Crippen LogP contribution in [0.4, 0.5) is 10.5 Å². The van der Waals surface area contributed by atoms with Gasteiger partial charge in [-0.2, -0.15) is 0 Å². The topological polar surface area (TPSA) is 66.5 Å². The van der Waals surface area contributed by atoms with Gasteiger partial charge in [-0.1, -0.05) is 15.9 Å². The number of hydrogen-bond acceptors (Lipinski definition) is 3. The number of carbonyl (C=O) groups excluding carboxylic acids is 3. The summed E-state index contributed by atoms with van der Waals surface area (Å²) < 4.78 is 1.50. The fourth-order valence-electron chi connectivity index (χ4n) is 1.56. The second-order valence-corrected chi connectivity index (χ2v) is 5.86. The van der Waals surface area contributed by atoms with E-state index in [0.717, 1.165) is 12.9 Å². The van der Waals surface area contributed by atoms with Crippen LogP contribution in [0.15, 0.2) is 22.7 Å². The van der Waals surface area contributed by atoms with Gasteiger partial charge < -0.3 is 0 Å². The number of nitrogens with zero attached hydrogens (tertiary/aromatic N) is 1. The molecule has 1 unspecified atom stereocenters. The van der Waals surface area contributed by atoms with Crippen LogP contribution in [0, 0.1) is 9.49 Å². The van der Waals surface area contributed by atoms with E-state index >= 15 is 0 Å². The van der Waals surface area contributed by atoms with Gasteiger partial charge in [0.1, 0.15) is 5.92 Å². The Morgan fingerprint density at radius 1 is 1.33 bits per heavy atom. The molecule has 0 aliphatic carbocycles. The molecule has 1 N–H and O–H groups in total. The van der Waals surface area contributed by atoms with Crippen LogP contribution in [0.2, 0.25) is 0 Å². The molecule has 1 heterocycles. The number of halogens is 2. The summed E-state index contributed by atoms with van der Waals surface area (Å²) >= 11 is 5.32. The summed E-state index contributed by atoms with van der Waals surface area (Å²) in [6, 6.07) is 4.55. The predicted molar refractivity (Wildman–Crippen MR) is 77.0 cm³/mol. The van der Waals surface area contributed by atoms with Gasteiger partial charge in [0.2, 0.25) is 11.8 Å². The number of hydrogen-bond donors (Lipinski definition) is 1. The average Bonchev–Trinajstić information content (AvgIpc) is 2.31. The highest BCUT2D eigenvalue weighted by atomic mass is 127. The normalized spacial score (nSPS) is 20.1. The highest BCUT2D eigenvalue weighted by molar-refractivity contribution is 14.1. The smallest absolute Gasteiger partial charge is 0.277 e. The van der Waals surface area contributed by atoms with Crippen molar-refractivity contribution < 1.29 is 14.4 Å². The van der Waals surface area contributed by atoms with E-state index < -0.39 is 23.8 Å². The fourth-order valence-corrected chi connectivity index (χ4v) is 2.49. The number of urea groups is 1. The molecule has 1 atom stereocenters. The second kappa shape index (κ2) is 4.96. The third kappa shape index (κ3) is 2.28. The number of nitrogens with one attached hydrogen (secondary N) is 1. The maximum absolute atomic E-state index is 12.0. The van der Waals surface area contributed by atoms with Gasteiger partial charge >= 0.3 is 6.03 Å². The van der Waals surface area contributed by atoms with Crippen LogP contribution >= 0.6 is 38.5 Å². The molecule has 18 heavy (non-hydrogen) atoms. The van der Waals surface area contributed by atoms with Gasteiger partial charge in [0.25, 0.3) is 0 Å². The number of amides is 4. The first-order valence-corrected chi connectivity index (χ1v) is 6.93. The molecule has 2 rings (SSSR count). The van der Waals surface area contributed by atoms with Crippen molar-refractivity contribution in [2.24, 2.45) is 5.92 Å². The molecule has 0 saturated carbocycles. The predicted octanol–water partition coefficient (Wildman–Crippen LogP) is 2.27. The van der Waals surface area contributed by atoms with Crippen LogP contribution < -0.4 is 10.2 Å². The monoisotopic (exact) mass is 422 g/mol. The minimum absolute atomic E-state index is 0.465. The number of anilines is 1. The molecular formula is C11H8BrIN2O3. The van der Waals surface area contributed by atoms with Crippen molar-refractivity contribution in [1.29, 1.82) is 0 Å². The molecule has 7 heteroatoms. The number of imide groups is 2. The fraction of sp³-hybridized carbons (Fsp3) is 0.182. The summed E-state index contributed by atoms with van der Waals surface area (Å²) in [7, 11) is 0. The zero-order valence-electron chi connectivity index (χ0n) is 9.24. The number of carbonyl (C=O) groups is 3. The number of rotatable bonds is 1. The van der Waals surface area contributed by atoms with E-state index in [-0.39, 0.29) is 0 Å². The third-order valence-electron chi connectivity index (χ3n) is 2.57. The molecule has 1 fully saturated rings. The Hall–Kier alpha value is -0.960. The largest absolute Gasteiger partial charge is 0.335 e. The Morgan fingerprint density at radius 2 is 2.00 bits per heavy atom. The molecule has 1 aromatic carbocycles. The summed E-state index contributed by atoms with van der Waals surface area (Å²) in [6.07, 6.45) is 0. The second-order valence-electron chi connectivity index (χ2n) is 3.79. The maximum Gasteiger partial charge on any atom is 0.335 e. The lowest BCUT2D eigenvalue weighted by molar-refractivity contribution is -0.133. The van der Waals surface area contributed by atoms with Crippen molar-refractivity contribution in [1.82, 2.24) is 5.32 Å². The highest BCUT2D eigenvalue weighted by Crippen LogP contribution is 2.29. The molecule has 1 aliphatic rings. The maximum atomic E-state index is 12.0. The zero-order valence-corrected chi connectivity index (χ0v) is 13.0. The molecule has 4 amide bonds. The number of benzene rings is 1. The average molecular weight is 423 g/mol.